The van der Waals surface area contributed by atoms with Crippen LogP contribution in [-0.4, -0.2) is 27.9 Å². The lowest BCUT2D eigenvalue weighted by Gasteiger charge is -2.05. The van der Waals surface area contributed by atoms with Gasteiger partial charge in [0, 0.05) is 12.0 Å². The van der Waals surface area contributed by atoms with Gasteiger partial charge in [0.15, 0.2) is 5.69 Å². The molecule has 0 amide bonds. The van der Waals surface area contributed by atoms with Crippen molar-refractivity contribution >= 4 is 5.97 Å². The van der Waals surface area contributed by atoms with Crippen molar-refractivity contribution in [3.63, 3.8) is 0 Å². The van der Waals surface area contributed by atoms with Crippen LogP contribution in [0.4, 0.5) is 0 Å². The van der Waals surface area contributed by atoms with E-state index < -0.39 is 5.97 Å². The van der Waals surface area contributed by atoms with Gasteiger partial charge in [0.25, 0.3) is 0 Å². The van der Waals surface area contributed by atoms with Gasteiger partial charge in [-0.2, -0.15) is 0 Å². The van der Waals surface area contributed by atoms with E-state index in [4.69, 9.17) is 9.84 Å². The number of nitrogens with zero attached hydrogens (tertiary/aromatic N) is 2. The summed E-state index contributed by atoms with van der Waals surface area (Å²) in [7, 11) is 0. The number of aromatic nitrogens is 2. The topological polar surface area (TPSA) is 72.3 Å². The van der Waals surface area contributed by atoms with Crippen molar-refractivity contribution in [3.8, 4) is 17.0 Å². The summed E-state index contributed by atoms with van der Waals surface area (Å²) in [6.45, 7) is 2.43. The van der Waals surface area contributed by atoms with Crippen LogP contribution in [0.3, 0.4) is 0 Å². The molecule has 0 spiro atoms. The van der Waals surface area contributed by atoms with Gasteiger partial charge in [-0.3, -0.25) is 0 Å². The van der Waals surface area contributed by atoms with Crippen molar-refractivity contribution in [2.45, 2.75) is 13.3 Å². The summed E-state index contributed by atoms with van der Waals surface area (Å²) < 4.78 is 5.45. The van der Waals surface area contributed by atoms with E-state index in [9.17, 15) is 4.79 Å². The third-order valence-corrected chi connectivity index (χ3v) is 3.17. The molecule has 5 heteroatoms. The highest BCUT2D eigenvalue weighted by Gasteiger charge is 2.15. The highest BCUT2D eigenvalue weighted by Crippen LogP contribution is 2.29. The van der Waals surface area contributed by atoms with E-state index in [1.165, 1.54) is 0 Å². The Bertz CT molecular complexity index is 668. The van der Waals surface area contributed by atoms with Gasteiger partial charge in [-0.25, -0.2) is 4.79 Å². The predicted molar refractivity (Wildman–Crippen MR) is 68.4 cm³/mol. The Kier molecular flexibility index (Phi) is 2.67. The maximum atomic E-state index is 10.9. The van der Waals surface area contributed by atoms with E-state index in [1.54, 1.807) is 13.0 Å². The standard InChI is InChI=1S/C14H12N2O3/c1-8-6-11(15-16-13(8)14(17)18)9-2-3-12-10(7-9)4-5-19-12/h2-3,6-7H,4-5H2,1H3,(H,17,18). The first-order valence-electron chi connectivity index (χ1n) is 5.99. The van der Waals surface area contributed by atoms with Crippen molar-refractivity contribution in [1.29, 1.82) is 0 Å². The van der Waals surface area contributed by atoms with Crippen LogP contribution in [-0.2, 0) is 6.42 Å². The predicted octanol–water partition coefficient (Wildman–Crippen LogP) is 2.09. The molecule has 0 radical (unpaired) electrons. The molecule has 1 aromatic carbocycles. The number of hydrogen-bond donors (Lipinski definition) is 1. The van der Waals surface area contributed by atoms with Crippen molar-refractivity contribution in [3.05, 3.63) is 41.1 Å². The first kappa shape index (κ1) is 11.6. The van der Waals surface area contributed by atoms with Gasteiger partial charge >= 0.3 is 5.97 Å². The van der Waals surface area contributed by atoms with Crippen LogP contribution in [0.1, 0.15) is 21.6 Å². The van der Waals surface area contributed by atoms with Crippen molar-refractivity contribution in [2.75, 3.05) is 6.61 Å². The highest BCUT2D eigenvalue weighted by atomic mass is 16.5. The minimum absolute atomic E-state index is 0.00626. The number of carbonyl (C=O) groups is 1. The van der Waals surface area contributed by atoms with Crippen LogP contribution in [0.25, 0.3) is 11.3 Å². The molecule has 1 aromatic heterocycles. The van der Waals surface area contributed by atoms with Crippen LogP contribution in [0.2, 0.25) is 0 Å². The fraction of sp³-hybridized carbons (Fsp3) is 0.214. The summed E-state index contributed by atoms with van der Waals surface area (Å²) in [6, 6.07) is 7.59. The lowest BCUT2D eigenvalue weighted by Crippen LogP contribution is -2.05. The molecule has 0 saturated heterocycles. The van der Waals surface area contributed by atoms with E-state index in [0.717, 1.165) is 23.3 Å². The smallest absolute Gasteiger partial charge is 0.356 e. The van der Waals surface area contributed by atoms with Crippen LogP contribution >= 0.6 is 0 Å². The van der Waals surface area contributed by atoms with Crippen molar-refractivity contribution < 1.29 is 14.6 Å². The number of hydrogen-bond acceptors (Lipinski definition) is 4. The molecule has 1 N–H and O–H groups in total. The van der Waals surface area contributed by atoms with Crippen LogP contribution < -0.4 is 4.74 Å². The lowest BCUT2D eigenvalue weighted by molar-refractivity contribution is 0.0688. The van der Waals surface area contributed by atoms with Crippen LogP contribution in [0.15, 0.2) is 24.3 Å². The van der Waals surface area contributed by atoms with E-state index in [-0.39, 0.29) is 5.69 Å². The molecule has 0 aliphatic carbocycles. The highest BCUT2D eigenvalue weighted by molar-refractivity contribution is 5.87. The second kappa shape index (κ2) is 4.35. The van der Waals surface area contributed by atoms with Gasteiger partial charge in [0.2, 0.25) is 0 Å². The number of carboxylic acid groups (broad SMARTS) is 1. The molecule has 0 unspecified atom stereocenters. The number of ether oxygens (including phenoxy) is 1. The summed E-state index contributed by atoms with van der Waals surface area (Å²) in [6.07, 6.45) is 0.892. The number of rotatable bonds is 2. The van der Waals surface area contributed by atoms with Crippen molar-refractivity contribution in [2.24, 2.45) is 0 Å². The van der Waals surface area contributed by atoms with Crippen LogP contribution in [0, 0.1) is 6.92 Å². The molecule has 1 aliphatic rings. The minimum atomic E-state index is -1.06. The van der Waals surface area contributed by atoms with Gasteiger partial charge in [-0.15, -0.1) is 10.2 Å². The summed E-state index contributed by atoms with van der Waals surface area (Å²) in [4.78, 5) is 10.9. The third-order valence-electron chi connectivity index (χ3n) is 3.17. The molecule has 0 atom stereocenters. The summed E-state index contributed by atoms with van der Waals surface area (Å²) >= 11 is 0. The maximum Gasteiger partial charge on any atom is 0.356 e. The first-order chi connectivity index (χ1) is 9.15. The minimum Gasteiger partial charge on any atom is -0.493 e. The number of benzene rings is 1. The fourth-order valence-electron chi connectivity index (χ4n) is 2.18. The van der Waals surface area contributed by atoms with E-state index >= 15 is 0 Å². The molecule has 2 aromatic rings. The lowest BCUT2D eigenvalue weighted by atomic mass is 10.0. The van der Waals surface area contributed by atoms with Gasteiger partial charge in [0.1, 0.15) is 5.75 Å². The molecule has 0 saturated carbocycles. The molecular formula is C14H12N2O3. The summed E-state index contributed by atoms with van der Waals surface area (Å²) in [5, 5.41) is 16.7. The molecule has 19 heavy (non-hydrogen) atoms. The molecule has 5 nitrogen and oxygen atoms in total. The molecule has 96 valence electrons. The largest absolute Gasteiger partial charge is 0.493 e. The molecule has 3 rings (SSSR count). The van der Waals surface area contributed by atoms with E-state index in [2.05, 4.69) is 10.2 Å². The quantitative estimate of drug-likeness (QED) is 0.890. The summed E-state index contributed by atoms with van der Waals surface area (Å²) in [5.41, 5.74) is 3.36. The third kappa shape index (κ3) is 2.03. The zero-order valence-corrected chi connectivity index (χ0v) is 10.4. The monoisotopic (exact) mass is 256 g/mol. The van der Waals surface area contributed by atoms with Gasteiger partial charge in [-0.05, 0) is 42.3 Å². The fourth-order valence-corrected chi connectivity index (χ4v) is 2.18. The second-order valence-electron chi connectivity index (χ2n) is 4.49. The zero-order chi connectivity index (χ0) is 13.4. The Hall–Kier alpha value is -2.43. The van der Waals surface area contributed by atoms with Gasteiger partial charge in [0.05, 0.1) is 12.3 Å². The van der Waals surface area contributed by atoms with E-state index in [1.807, 2.05) is 18.2 Å². The molecule has 1 aliphatic heterocycles. The van der Waals surface area contributed by atoms with E-state index in [0.29, 0.717) is 17.9 Å². The molecule has 0 fully saturated rings. The second-order valence-corrected chi connectivity index (χ2v) is 4.49. The molecule has 0 bridgehead atoms. The molecule has 2 heterocycles. The average molecular weight is 256 g/mol. The first-order valence-corrected chi connectivity index (χ1v) is 5.99. The Morgan fingerprint density at radius 1 is 1.32 bits per heavy atom. The average Bonchev–Trinajstić information content (AvgIpc) is 2.85. The Balaban J connectivity index is 2.03. The maximum absolute atomic E-state index is 10.9. The Morgan fingerprint density at radius 2 is 2.16 bits per heavy atom. The normalized spacial score (nSPS) is 12.9. The number of carboxylic acids is 1. The number of fused-ring (bicyclic) bond motifs is 1. The number of aryl methyl sites for hydroxylation is 1. The van der Waals surface area contributed by atoms with Crippen LogP contribution in [0.5, 0.6) is 5.75 Å². The molecular weight excluding hydrogens is 244 g/mol. The zero-order valence-electron chi connectivity index (χ0n) is 10.4. The van der Waals surface area contributed by atoms with Gasteiger partial charge < -0.3 is 9.84 Å². The van der Waals surface area contributed by atoms with Gasteiger partial charge in [-0.1, -0.05) is 0 Å². The van der Waals surface area contributed by atoms with Crippen molar-refractivity contribution in [1.82, 2.24) is 10.2 Å². The Morgan fingerprint density at radius 3 is 2.89 bits per heavy atom. The summed E-state index contributed by atoms with van der Waals surface area (Å²) in [5.74, 6) is -0.144. The Labute approximate surface area is 109 Å². The SMILES string of the molecule is Cc1cc(-c2ccc3c(c2)CCO3)nnc1C(=O)O. The number of aromatic carboxylic acids is 1.